The van der Waals surface area contributed by atoms with Crippen LogP contribution in [0.5, 0.6) is 0 Å². The van der Waals surface area contributed by atoms with Gasteiger partial charge in [0.25, 0.3) is 0 Å². The molecule has 0 fully saturated rings. The first kappa shape index (κ1) is 20.4. The van der Waals surface area contributed by atoms with E-state index in [1.54, 1.807) is 0 Å². The fourth-order valence-corrected chi connectivity index (χ4v) is 3.86. The number of rotatable bonds is 5. The fraction of sp³-hybridized carbons (Fsp3) is 0.417. The summed E-state index contributed by atoms with van der Waals surface area (Å²) in [5, 5.41) is 3.72. The summed E-state index contributed by atoms with van der Waals surface area (Å²) in [6.07, 6.45) is 3.72. The number of hydrogen-bond donors (Lipinski definition) is 1. The van der Waals surface area contributed by atoms with Gasteiger partial charge in [0.2, 0.25) is 0 Å². The second kappa shape index (κ2) is 8.11. The molecule has 0 unspecified atom stereocenters. The van der Waals surface area contributed by atoms with Gasteiger partial charge in [-0.25, -0.2) is 4.98 Å². The molecule has 30 heavy (non-hydrogen) atoms. The Kier molecular flexibility index (Phi) is 5.52. The molecule has 0 amide bonds. The average molecular weight is 405 g/mol. The molecule has 1 aliphatic rings. The molecule has 0 aliphatic carbocycles. The third kappa shape index (κ3) is 4.49. The lowest BCUT2D eigenvalue weighted by Crippen LogP contribution is -2.35. The van der Waals surface area contributed by atoms with E-state index < -0.39 is 0 Å². The zero-order chi connectivity index (χ0) is 21.3. The largest absolute Gasteiger partial charge is 0.378 e. The van der Waals surface area contributed by atoms with Crippen LogP contribution in [-0.2, 0) is 19.6 Å². The second-order valence-corrected chi connectivity index (χ2v) is 9.26. The van der Waals surface area contributed by atoms with E-state index in [1.165, 1.54) is 11.3 Å². The number of pyridine rings is 1. The van der Waals surface area contributed by atoms with Gasteiger partial charge in [-0.2, -0.15) is 0 Å². The molecule has 6 heteroatoms. The molecule has 0 atom stereocenters. The van der Waals surface area contributed by atoms with E-state index in [4.69, 9.17) is 4.98 Å². The highest BCUT2D eigenvalue weighted by Gasteiger charge is 2.26. The summed E-state index contributed by atoms with van der Waals surface area (Å²) in [5.74, 6) is 2.24. The lowest BCUT2D eigenvalue weighted by Gasteiger charge is -2.30. The Hall–Kier alpha value is -2.86. The van der Waals surface area contributed by atoms with Crippen LogP contribution in [0, 0.1) is 0 Å². The SMILES string of the molecule is CN(C)c1ccc(-c2nc3n(c2NC(C)(C)C)CCN(Cc2ccncc2)C3)cc1. The van der Waals surface area contributed by atoms with Crippen LogP contribution in [0.4, 0.5) is 11.5 Å². The van der Waals surface area contributed by atoms with Crippen molar-refractivity contribution in [1.82, 2.24) is 19.4 Å². The van der Waals surface area contributed by atoms with E-state index in [9.17, 15) is 0 Å². The van der Waals surface area contributed by atoms with Crippen molar-refractivity contribution in [3.8, 4) is 11.3 Å². The van der Waals surface area contributed by atoms with Crippen LogP contribution in [0.25, 0.3) is 11.3 Å². The minimum atomic E-state index is -0.0384. The Morgan fingerprint density at radius 1 is 1.00 bits per heavy atom. The summed E-state index contributed by atoms with van der Waals surface area (Å²) < 4.78 is 2.36. The Morgan fingerprint density at radius 2 is 1.70 bits per heavy atom. The summed E-state index contributed by atoms with van der Waals surface area (Å²) in [6, 6.07) is 12.8. The maximum absolute atomic E-state index is 5.10. The molecule has 3 aromatic rings. The predicted molar refractivity (Wildman–Crippen MR) is 124 cm³/mol. The first-order chi connectivity index (χ1) is 14.3. The summed E-state index contributed by atoms with van der Waals surface area (Å²) in [4.78, 5) is 13.8. The number of nitrogens with one attached hydrogen (secondary N) is 1. The van der Waals surface area contributed by atoms with Gasteiger partial charge in [-0.1, -0.05) is 12.1 Å². The van der Waals surface area contributed by atoms with Crippen LogP contribution < -0.4 is 10.2 Å². The molecule has 1 aliphatic heterocycles. The number of fused-ring (bicyclic) bond motifs is 1. The van der Waals surface area contributed by atoms with Crippen LogP contribution >= 0.6 is 0 Å². The maximum atomic E-state index is 5.10. The molecule has 0 bridgehead atoms. The molecule has 4 rings (SSSR count). The smallest absolute Gasteiger partial charge is 0.134 e. The first-order valence-corrected chi connectivity index (χ1v) is 10.6. The Bertz CT molecular complexity index is 983. The van der Waals surface area contributed by atoms with E-state index in [-0.39, 0.29) is 5.54 Å². The highest BCUT2D eigenvalue weighted by molar-refractivity contribution is 5.74. The molecule has 0 spiro atoms. The molecule has 6 nitrogen and oxygen atoms in total. The van der Waals surface area contributed by atoms with Gasteiger partial charge in [-0.3, -0.25) is 9.88 Å². The maximum Gasteiger partial charge on any atom is 0.134 e. The molecule has 1 aromatic carbocycles. The van der Waals surface area contributed by atoms with Gasteiger partial charge in [0, 0.05) is 62.9 Å². The summed E-state index contributed by atoms with van der Waals surface area (Å²) in [6.45, 7) is 10.3. The van der Waals surface area contributed by atoms with Gasteiger partial charge in [0.15, 0.2) is 0 Å². The molecule has 0 radical (unpaired) electrons. The summed E-state index contributed by atoms with van der Waals surface area (Å²) in [5.41, 5.74) is 4.63. The molecular weight excluding hydrogens is 372 g/mol. The van der Waals surface area contributed by atoms with Crippen LogP contribution in [0.3, 0.4) is 0 Å². The molecule has 3 heterocycles. The van der Waals surface area contributed by atoms with Gasteiger partial charge in [-0.15, -0.1) is 0 Å². The van der Waals surface area contributed by atoms with Crippen LogP contribution in [-0.4, -0.2) is 45.6 Å². The van der Waals surface area contributed by atoms with Crippen molar-refractivity contribution in [1.29, 1.82) is 0 Å². The molecule has 158 valence electrons. The number of anilines is 2. The van der Waals surface area contributed by atoms with Crippen molar-refractivity contribution < 1.29 is 0 Å². The Morgan fingerprint density at radius 3 is 2.33 bits per heavy atom. The van der Waals surface area contributed by atoms with Gasteiger partial charge in [0.1, 0.15) is 17.3 Å². The van der Waals surface area contributed by atoms with Crippen molar-refractivity contribution in [3.63, 3.8) is 0 Å². The number of nitrogens with zero attached hydrogens (tertiary/aromatic N) is 5. The standard InChI is InChI=1S/C24H32N6/c1-24(2,3)27-23-22(19-6-8-20(9-7-19)28(4)5)26-21-17-29(14-15-30(21)23)16-18-10-12-25-13-11-18/h6-13,27H,14-17H2,1-5H3. The van der Waals surface area contributed by atoms with Crippen molar-refractivity contribution >= 4 is 11.5 Å². The summed E-state index contributed by atoms with van der Waals surface area (Å²) >= 11 is 0. The van der Waals surface area contributed by atoms with Gasteiger partial charge in [-0.05, 0) is 50.6 Å². The van der Waals surface area contributed by atoms with Crippen molar-refractivity contribution in [2.75, 3.05) is 30.9 Å². The predicted octanol–water partition coefficient (Wildman–Crippen LogP) is 4.24. The quantitative estimate of drug-likeness (QED) is 0.689. The molecule has 0 saturated carbocycles. The van der Waals surface area contributed by atoms with E-state index in [2.05, 4.69) is 95.9 Å². The minimum Gasteiger partial charge on any atom is -0.378 e. The van der Waals surface area contributed by atoms with Gasteiger partial charge < -0.3 is 14.8 Å². The number of aromatic nitrogens is 3. The third-order valence-corrected chi connectivity index (χ3v) is 5.36. The van der Waals surface area contributed by atoms with Gasteiger partial charge in [0.05, 0.1) is 6.54 Å². The Balaban J connectivity index is 1.66. The van der Waals surface area contributed by atoms with Gasteiger partial charge >= 0.3 is 0 Å². The molecule has 2 aromatic heterocycles. The highest BCUT2D eigenvalue weighted by atomic mass is 15.3. The number of imidazole rings is 1. The fourth-order valence-electron chi connectivity index (χ4n) is 3.86. The highest BCUT2D eigenvalue weighted by Crippen LogP contribution is 2.33. The Labute approximate surface area is 179 Å². The zero-order valence-electron chi connectivity index (χ0n) is 18.7. The zero-order valence-corrected chi connectivity index (χ0v) is 18.7. The van der Waals surface area contributed by atoms with Crippen LogP contribution in [0.2, 0.25) is 0 Å². The molecule has 0 saturated heterocycles. The number of hydrogen-bond acceptors (Lipinski definition) is 5. The molecule has 1 N–H and O–H groups in total. The molecular formula is C24H32N6. The third-order valence-electron chi connectivity index (χ3n) is 5.36. The monoisotopic (exact) mass is 404 g/mol. The topological polar surface area (TPSA) is 49.2 Å². The van der Waals surface area contributed by atoms with E-state index in [0.717, 1.165) is 49.1 Å². The van der Waals surface area contributed by atoms with Crippen LogP contribution in [0.15, 0.2) is 48.8 Å². The first-order valence-electron chi connectivity index (χ1n) is 10.6. The lowest BCUT2D eigenvalue weighted by atomic mass is 10.1. The minimum absolute atomic E-state index is 0.0384. The number of benzene rings is 1. The van der Waals surface area contributed by atoms with Crippen molar-refractivity contribution in [2.45, 2.75) is 45.9 Å². The normalized spacial score (nSPS) is 14.4. The van der Waals surface area contributed by atoms with Crippen molar-refractivity contribution in [3.05, 3.63) is 60.2 Å². The van der Waals surface area contributed by atoms with E-state index >= 15 is 0 Å². The van der Waals surface area contributed by atoms with E-state index in [0.29, 0.717) is 0 Å². The van der Waals surface area contributed by atoms with Crippen LogP contribution in [0.1, 0.15) is 32.2 Å². The van der Waals surface area contributed by atoms with E-state index in [1.807, 2.05) is 12.4 Å². The summed E-state index contributed by atoms with van der Waals surface area (Å²) in [7, 11) is 4.13. The second-order valence-electron chi connectivity index (χ2n) is 9.26. The lowest BCUT2D eigenvalue weighted by molar-refractivity contribution is 0.209. The average Bonchev–Trinajstić information content (AvgIpc) is 3.05. The van der Waals surface area contributed by atoms with Crippen molar-refractivity contribution in [2.24, 2.45) is 0 Å².